The molecule has 0 radical (unpaired) electrons. The van der Waals surface area contributed by atoms with E-state index in [-0.39, 0.29) is 33.4 Å². The highest BCUT2D eigenvalue weighted by molar-refractivity contribution is 6.34. The molecule has 0 spiro atoms. The zero-order valence-electron chi connectivity index (χ0n) is 17.2. The summed E-state index contributed by atoms with van der Waals surface area (Å²) in [6.07, 6.45) is -4.14. The molecule has 1 aliphatic heterocycles. The SMILES string of the molecule is O=C(O)c1cccc(N2N=C(C(F)(F)F)C(=Cc3ccc(-c4ccc(Cl)c(C(=O)O)c4)o3)C2=O)c1. The predicted molar refractivity (Wildman–Crippen MR) is 118 cm³/mol. The first kappa shape index (κ1) is 23.8. The van der Waals surface area contributed by atoms with Crippen LogP contribution in [0.5, 0.6) is 0 Å². The van der Waals surface area contributed by atoms with Gasteiger partial charge in [-0.15, -0.1) is 0 Å². The summed E-state index contributed by atoms with van der Waals surface area (Å²) in [5, 5.41) is 22.2. The topological polar surface area (TPSA) is 120 Å². The molecule has 2 aromatic carbocycles. The number of carbonyl (C=O) groups excluding carboxylic acids is 1. The number of alkyl halides is 3. The highest BCUT2D eigenvalue weighted by Crippen LogP contribution is 2.34. The minimum absolute atomic E-state index is 0.00945. The Morgan fingerprint density at radius 3 is 2.43 bits per heavy atom. The zero-order chi connectivity index (χ0) is 25.5. The van der Waals surface area contributed by atoms with Crippen LogP contribution in [0.15, 0.2) is 69.7 Å². The minimum atomic E-state index is -5.00. The summed E-state index contributed by atoms with van der Waals surface area (Å²) in [5.41, 5.74) is -2.61. The van der Waals surface area contributed by atoms with E-state index in [2.05, 4.69) is 5.10 Å². The van der Waals surface area contributed by atoms with Crippen molar-refractivity contribution in [3.63, 3.8) is 0 Å². The molecule has 1 aliphatic rings. The number of hydrazone groups is 1. The summed E-state index contributed by atoms with van der Waals surface area (Å²) in [7, 11) is 0. The van der Waals surface area contributed by atoms with Crippen molar-refractivity contribution >= 4 is 46.9 Å². The third-order valence-corrected chi connectivity index (χ3v) is 5.21. The quantitative estimate of drug-likeness (QED) is 0.452. The monoisotopic (exact) mass is 504 g/mol. The van der Waals surface area contributed by atoms with Gasteiger partial charge in [-0.1, -0.05) is 17.7 Å². The Balaban J connectivity index is 1.72. The lowest BCUT2D eigenvalue weighted by Crippen LogP contribution is -2.25. The third-order valence-electron chi connectivity index (χ3n) is 4.88. The summed E-state index contributed by atoms with van der Waals surface area (Å²) >= 11 is 5.85. The molecule has 0 aliphatic carbocycles. The number of carboxylic acids is 2. The molecule has 0 saturated carbocycles. The molecule has 0 fully saturated rings. The predicted octanol–water partition coefficient (Wildman–Crippen LogP) is 5.34. The summed E-state index contributed by atoms with van der Waals surface area (Å²) in [6.45, 7) is 0. The average Bonchev–Trinajstić information content (AvgIpc) is 3.39. The number of carbonyl (C=O) groups is 3. The van der Waals surface area contributed by atoms with Crippen molar-refractivity contribution in [2.45, 2.75) is 6.18 Å². The first-order valence-electron chi connectivity index (χ1n) is 9.64. The molecule has 2 N–H and O–H groups in total. The van der Waals surface area contributed by atoms with E-state index in [0.717, 1.165) is 12.1 Å². The van der Waals surface area contributed by atoms with Crippen molar-refractivity contribution in [3.05, 3.63) is 82.1 Å². The van der Waals surface area contributed by atoms with E-state index in [1.54, 1.807) is 0 Å². The van der Waals surface area contributed by atoms with Gasteiger partial charge in [-0.2, -0.15) is 23.3 Å². The molecule has 0 bridgehead atoms. The number of amides is 1. The first-order valence-corrected chi connectivity index (χ1v) is 10.0. The summed E-state index contributed by atoms with van der Waals surface area (Å²) in [6, 6.07) is 11.5. The zero-order valence-corrected chi connectivity index (χ0v) is 18.0. The maximum absolute atomic E-state index is 13.7. The summed E-state index contributed by atoms with van der Waals surface area (Å²) < 4.78 is 46.5. The summed E-state index contributed by atoms with van der Waals surface area (Å²) in [5.74, 6) is -3.75. The van der Waals surface area contributed by atoms with Crippen molar-refractivity contribution in [2.24, 2.45) is 5.10 Å². The first-order chi connectivity index (χ1) is 16.5. The molecule has 0 unspecified atom stereocenters. The van der Waals surface area contributed by atoms with Gasteiger partial charge in [0.25, 0.3) is 5.91 Å². The van der Waals surface area contributed by atoms with Gasteiger partial charge in [0.2, 0.25) is 0 Å². The molecule has 178 valence electrons. The van der Waals surface area contributed by atoms with Crippen molar-refractivity contribution in [1.82, 2.24) is 0 Å². The van der Waals surface area contributed by atoms with Crippen LogP contribution in [0.3, 0.4) is 0 Å². The smallest absolute Gasteiger partial charge is 0.435 e. The highest BCUT2D eigenvalue weighted by atomic mass is 35.5. The fourth-order valence-electron chi connectivity index (χ4n) is 3.27. The largest absolute Gasteiger partial charge is 0.478 e. The maximum Gasteiger partial charge on any atom is 0.435 e. The number of carboxylic acid groups (broad SMARTS) is 2. The fraction of sp³-hybridized carbons (Fsp3) is 0.0435. The molecule has 0 atom stereocenters. The van der Waals surface area contributed by atoms with Crippen molar-refractivity contribution in [1.29, 1.82) is 0 Å². The van der Waals surface area contributed by atoms with Crippen molar-refractivity contribution < 1.29 is 42.2 Å². The molecule has 8 nitrogen and oxygen atoms in total. The Labute approximate surface area is 199 Å². The van der Waals surface area contributed by atoms with Crippen LogP contribution in [0, 0.1) is 0 Å². The molecule has 2 heterocycles. The minimum Gasteiger partial charge on any atom is -0.478 e. The molecular formula is C23H12ClF3N2O6. The van der Waals surface area contributed by atoms with E-state index in [0.29, 0.717) is 10.6 Å². The molecule has 1 amide bonds. The second-order valence-electron chi connectivity index (χ2n) is 7.18. The second-order valence-corrected chi connectivity index (χ2v) is 7.59. The van der Waals surface area contributed by atoms with Gasteiger partial charge in [0.1, 0.15) is 11.5 Å². The van der Waals surface area contributed by atoms with Gasteiger partial charge in [0, 0.05) is 5.56 Å². The fourth-order valence-corrected chi connectivity index (χ4v) is 3.47. The van der Waals surface area contributed by atoms with Gasteiger partial charge in [-0.3, -0.25) is 4.79 Å². The Morgan fingerprint density at radius 2 is 1.77 bits per heavy atom. The van der Waals surface area contributed by atoms with E-state index in [9.17, 15) is 32.7 Å². The van der Waals surface area contributed by atoms with Crippen LogP contribution in [-0.4, -0.2) is 39.9 Å². The number of rotatable bonds is 5. The summed E-state index contributed by atoms with van der Waals surface area (Å²) in [4.78, 5) is 35.3. The second kappa shape index (κ2) is 8.76. The number of halogens is 4. The molecular weight excluding hydrogens is 493 g/mol. The number of furan rings is 1. The Morgan fingerprint density at radius 1 is 1.03 bits per heavy atom. The maximum atomic E-state index is 13.7. The number of hydrogen-bond donors (Lipinski definition) is 2. The van der Waals surface area contributed by atoms with E-state index < -0.39 is 35.3 Å². The Hall–Kier alpha value is -4.38. The van der Waals surface area contributed by atoms with E-state index in [4.69, 9.17) is 21.1 Å². The van der Waals surface area contributed by atoms with Crippen LogP contribution in [0.2, 0.25) is 5.02 Å². The van der Waals surface area contributed by atoms with Crippen LogP contribution < -0.4 is 5.01 Å². The number of hydrogen-bond acceptors (Lipinski definition) is 5. The number of nitrogens with zero attached hydrogens (tertiary/aromatic N) is 2. The van der Waals surface area contributed by atoms with Gasteiger partial charge >= 0.3 is 18.1 Å². The van der Waals surface area contributed by atoms with Crippen LogP contribution in [0.1, 0.15) is 26.5 Å². The third kappa shape index (κ3) is 4.66. The highest BCUT2D eigenvalue weighted by Gasteiger charge is 2.47. The normalized spacial score (nSPS) is 15.0. The number of anilines is 1. The Kier molecular flexibility index (Phi) is 5.95. The van der Waals surface area contributed by atoms with Crippen LogP contribution >= 0.6 is 11.6 Å². The lowest BCUT2D eigenvalue weighted by atomic mass is 10.1. The standard InChI is InChI=1S/C23H12ClF3N2O6/c24-17-6-4-11(9-15(17)22(33)34)18-7-5-14(35-18)10-16-19(23(25,26)27)28-29(20(16)30)13-3-1-2-12(8-13)21(31)32/h1-10H,(H,31,32)(H,33,34). The van der Waals surface area contributed by atoms with Gasteiger partial charge in [0.05, 0.1) is 27.4 Å². The van der Waals surface area contributed by atoms with E-state index in [1.165, 1.54) is 48.5 Å². The van der Waals surface area contributed by atoms with Crippen LogP contribution in [0.4, 0.5) is 18.9 Å². The van der Waals surface area contributed by atoms with Gasteiger partial charge in [-0.05, 0) is 54.6 Å². The average molecular weight is 505 g/mol. The van der Waals surface area contributed by atoms with Crippen molar-refractivity contribution in [3.8, 4) is 11.3 Å². The van der Waals surface area contributed by atoms with E-state index >= 15 is 0 Å². The number of benzene rings is 2. The van der Waals surface area contributed by atoms with Gasteiger partial charge < -0.3 is 14.6 Å². The Bertz CT molecular complexity index is 1440. The van der Waals surface area contributed by atoms with E-state index in [1.807, 2.05) is 0 Å². The molecule has 1 aromatic heterocycles. The van der Waals surface area contributed by atoms with Gasteiger partial charge in [-0.25, -0.2) is 9.59 Å². The molecule has 3 aromatic rings. The molecule has 12 heteroatoms. The number of aromatic carboxylic acids is 2. The molecule has 0 saturated heterocycles. The van der Waals surface area contributed by atoms with Crippen LogP contribution in [-0.2, 0) is 4.79 Å². The van der Waals surface area contributed by atoms with Gasteiger partial charge in [0.15, 0.2) is 5.71 Å². The lowest BCUT2D eigenvalue weighted by Gasteiger charge is -2.11. The molecule has 4 rings (SSSR count). The van der Waals surface area contributed by atoms with Crippen LogP contribution in [0.25, 0.3) is 17.4 Å². The lowest BCUT2D eigenvalue weighted by molar-refractivity contribution is -0.114. The van der Waals surface area contributed by atoms with Crippen molar-refractivity contribution in [2.75, 3.05) is 5.01 Å². The molecule has 35 heavy (non-hydrogen) atoms.